The van der Waals surface area contributed by atoms with Crippen molar-refractivity contribution < 1.29 is 14.2 Å². The molecule has 4 heteroatoms. The first kappa shape index (κ1) is 17.4. The summed E-state index contributed by atoms with van der Waals surface area (Å²) in [6, 6.07) is 13.9. The number of aliphatic hydroxyl groups is 1. The van der Waals surface area contributed by atoms with Gasteiger partial charge in [-0.2, -0.15) is 0 Å². The number of ether oxygens (including phenoxy) is 1. The average molecular weight is 317 g/mol. The van der Waals surface area contributed by atoms with Crippen molar-refractivity contribution in [3.8, 4) is 5.75 Å². The van der Waals surface area contributed by atoms with E-state index in [1.807, 2.05) is 51.1 Å². The van der Waals surface area contributed by atoms with E-state index in [2.05, 4.69) is 5.32 Å². The van der Waals surface area contributed by atoms with Gasteiger partial charge in [-0.25, -0.2) is 4.39 Å². The summed E-state index contributed by atoms with van der Waals surface area (Å²) in [6.07, 6.45) is -0.763. The first-order valence-corrected chi connectivity index (χ1v) is 7.74. The summed E-state index contributed by atoms with van der Waals surface area (Å²) in [5.41, 5.74) is 1.47. The topological polar surface area (TPSA) is 41.5 Å². The van der Waals surface area contributed by atoms with Gasteiger partial charge in [0.25, 0.3) is 0 Å². The Balaban J connectivity index is 2.10. The van der Waals surface area contributed by atoms with Gasteiger partial charge in [-0.1, -0.05) is 30.3 Å². The van der Waals surface area contributed by atoms with E-state index >= 15 is 0 Å². The molecule has 2 N–H and O–H groups in total. The summed E-state index contributed by atoms with van der Waals surface area (Å²) in [5.74, 6) is -0.00939. The molecule has 0 fully saturated rings. The summed E-state index contributed by atoms with van der Waals surface area (Å²) >= 11 is 0. The first-order chi connectivity index (χ1) is 10.8. The molecule has 0 heterocycles. The van der Waals surface area contributed by atoms with Crippen LogP contribution in [-0.4, -0.2) is 17.2 Å². The Morgan fingerprint density at radius 2 is 1.83 bits per heavy atom. The lowest BCUT2D eigenvalue weighted by atomic mass is 10.1. The van der Waals surface area contributed by atoms with Crippen LogP contribution in [0, 0.1) is 5.82 Å². The van der Waals surface area contributed by atoms with Crippen LogP contribution in [0.3, 0.4) is 0 Å². The molecule has 1 atom stereocenters. The zero-order valence-electron chi connectivity index (χ0n) is 13.8. The molecule has 0 aliphatic heterocycles. The highest BCUT2D eigenvalue weighted by molar-refractivity contribution is 5.36. The van der Waals surface area contributed by atoms with E-state index in [0.717, 1.165) is 5.56 Å². The van der Waals surface area contributed by atoms with Gasteiger partial charge in [0.2, 0.25) is 0 Å². The minimum absolute atomic E-state index is 0.105. The molecule has 0 bridgehead atoms. The third-order valence-electron chi connectivity index (χ3n) is 3.40. The molecule has 0 amide bonds. The third kappa shape index (κ3) is 5.66. The van der Waals surface area contributed by atoms with Gasteiger partial charge in [-0.3, -0.25) is 0 Å². The molecule has 2 rings (SSSR count). The highest BCUT2D eigenvalue weighted by Gasteiger charge is 2.17. The summed E-state index contributed by atoms with van der Waals surface area (Å²) < 4.78 is 19.3. The number of rotatable bonds is 6. The molecular weight excluding hydrogens is 293 g/mol. The number of aliphatic hydroxyl groups excluding tert-OH is 1. The average Bonchev–Trinajstić information content (AvgIpc) is 2.51. The van der Waals surface area contributed by atoms with Gasteiger partial charge in [0.05, 0.1) is 6.10 Å². The number of hydrogen-bond acceptors (Lipinski definition) is 3. The van der Waals surface area contributed by atoms with Gasteiger partial charge in [-0.15, -0.1) is 0 Å². The Hall–Kier alpha value is -1.91. The van der Waals surface area contributed by atoms with Gasteiger partial charge >= 0.3 is 0 Å². The second kappa shape index (κ2) is 7.57. The van der Waals surface area contributed by atoms with Crippen LogP contribution in [0.1, 0.15) is 38.0 Å². The number of β-amino-alcohol motifs (C(OH)–C–C–N with tert-alkyl or cyclic N) is 1. The standard InChI is InChI=1S/C19H24FNO2/c1-19(2,3)21-12-17(22)16-10-9-15(20)11-18(16)23-13-14-7-5-4-6-8-14/h4-11,17,21-22H,12-13H2,1-3H3/t17-/m0/s1. The number of hydrogen-bond donors (Lipinski definition) is 2. The zero-order chi connectivity index (χ0) is 16.9. The molecule has 0 spiro atoms. The second-order valence-corrected chi connectivity index (χ2v) is 6.60. The number of nitrogens with one attached hydrogen (secondary N) is 1. The van der Waals surface area contributed by atoms with E-state index in [-0.39, 0.29) is 11.4 Å². The molecule has 2 aromatic rings. The van der Waals surface area contributed by atoms with Crippen LogP contribution < -0.4 is 10.1 Å². The predicted octanol–water partition coefficient (Wildman–Crippen LogP) is 3.83. The maximum absolute atomic E-state index is 13.5. The Morgan fingerprint density at radius 1 is 1.13 bits per heavy atom. The molecule has 0 saturated carbocycles. The van der Waals surface area contributed by atoms with Crippen molar-refractivity contribution in [1.29, 1.82) is 0 Å². The molecule has 0 aliphatic rings. The van der Waals surface area contributed by atoms with Gasteiger partial charge in [0.15, 0.2) is 0 Å². The number of halogens is 1. The molecule has 3 nitrogen and oxygen atoms in total. The van der Waals surface area contributed by atoms with Crippen LogP contribution in [-0.2, 0) is 6.61 Å². The molecular formula is C19H24FNO2. The van der Waals surface area contributed by atoms with Crippen LogP contribution in [0.4, 0.5) is 4.39 Å². The van der Waals surface area contributed by atoms with Crippen LogP contribution in [0.15, 0.2) is 48.5 Å². The molecule has 0 unspecified atom stereocenters. The molecule has 0 saturated heterocycles. The fraction of sp³-hybridized carbons (Fsp3) is 0.368. The van der Waals surface area contributed by atoms with Crippen molar-refractivity contribution in [1.82, 2.24) is 5.32 Å². The predicted molar refractivity (Wildman–Crippen MR) is 89.9 cm³/mol. The normalized spacial score (nSPS) is 12.9. The van der Waals surface area contributed by atoms with E-state index < -0.39 is 6.10 Å². The zero-order valence-corrected chi connectivity index (χ0v) is 13.8. The summed E-state index contributed by atoms with van der Waals surface area (Å²) in [7, 11) is 0. The smallest absolute Gasteiger partial charge is 0.128 e. The Kier molecular flexibility index (Phi) is 5.74. The fourth-order valence-corrected chi connectivity index (χ4v) is 2.16. The molecule has 0 aromatic heterocycles. The van der Waals surface area contributed by atoms with Crippen LogP contribution in [0.5, 0.6) is 5.75 Å². The highest BCUT2D eigenvalue weighted by Crippen LogP contribution is 2.27. The van der Waals surface area contributed by atoms with Crippen molar-refractivity contribution in [3.63, 3.8) is 0 Å². The lowest BCUT2D eigenvalue weighted by Crippen LogP contribution is -2.38. The minimum Gasteiger partial charge on any atom is -0.488 e. The molecule has 0 radical (unpaired) electrons. The van der Waals surface area contributed by atoms with E-state index in [9.17, 15) is 9.50 Å². The second-order valence-electron chi connectivity index (χ2n) is 6.60. The van der Waals surface area contributed by atoms with Crippen molar-refractivity contribution in [2.45, 2.75) is 39.0 Å². The van der Waals surface area contributed by atoms with Gasteiger partial charge < -0.3 is 15.2 Å². The SMILES string of the molecule is CC(C)(C)NC[C@H](O)c1ccc(F)cc1OCc1ccccc1. The molecule has 2 aromatic carbocycles. The first-order valence-electron chi connectivity index (χ1n) is 7.74. The molecule has 124 valence electrons. The van der Waals surface area contributed by atoms with E-state index in [1.165, 1.54) is 12.1 Å². The minimum atomic E-state index is -0.763. The Bertz CT molecular complexity index is 623. The van der Waals surface area contributed by atoms with Gasteiger partial charge in [0.1, 0.15) is 18.2 Å². The van der Waals surface area contributed by atoms with E-state index in [1.54, 1.807) is 6.07 Å². The van der Waals surface area contributed by atoms with Crippen molar-refractivity contribution in [2.75, 3.05) is 6.54 Å². The van der Waals surface area contributed by atoms with Crippen molar-refractivity contribution >= 4 is 0 Å². The van der Waals surface area contributed by atoms with E-state index in [0.29, 0.717) is 24.5 Å². The van der Waals surface area contributed by atoms with Crippen LogP contribution >= 0.6 is 0 Å². The largest absolute Gasteiger partial charge is 0.488 e. The Morgan fingerprint density at radius 3 is 2.48 bits per heavy atom. The van der Waals surface area contributed by atoms with E-state index in [4.69, 9.17) is 4.74 Å². The molecule has 23 heavy (non-hydrogen) atoms. The quantitative estimate of drug-likeness (QED) is 0.851. The maximum Gasteiger partial charge on any atom is 0.128 e. The third-order valence-corrected chi connectivity index (χ3v) is 3.40. The maximum atomic E-state index is 13.5. The molecule has 0 aliphatic carbocycles. The van der Waals surface area contributed by atoms with Crippen molar-refractivity contribution in [2.24, 2.45) is 0 Å². The Labute approximate surface area is 137 Å². The number of benzene rings is 2. The summed E-state index contributed by atoms with van der Waals surface area (Å²) in [6.45, 7) is 6.78. The van der Waals surface area contributed by atoms with Gasteiger partial charge in [0, 0.05) is 23.7 Å². The van der Waals surface area contributed by atoms with Crippen molar-refractivity contribution in [3.05, 3.63) is 65.5 Å². The fourth-order valence-electron chi connectivity index (χ4n) is 2.16. The lowest BCUT2D eigenvalue weighted by molar-refractivity contribution is 0.157. The summed E-state index contributed by atoms with van der Waals surface area (Å²) in [4.78, 5) is 0. The lowest BCUT2D eigenvalue weighted by Gasteiger charge is -2.24. The van der Waals surface area contributed by atoms with Crippen LogP contribution in [0.2, 0.25) is 0 Å². The van der Waals surface area contributed by atoms with Gasteiger partial charge in [-0.05, 0) is 38.5 Å². The summed E-state index contributed by atoms with van der Waals surface area (Å²) in [5, 5.41) is 13.6. The monoisotopic (exact) mass is 317 g/mol. The highest BCUT2D eigenvalue weighted by atomic mass is 19.1. The van der Waals surface area contributed by atoms with Crippen LogP contribution in [0.25, 0.3) is 0 Å².